The Morgan fingerprint density at radius 1 is 1.35 bits per heavy atom. The summed E-state index contributed by atoms with van der Waals surface area (Å²) in [7, 11) is 0. The fourth-order valence-electron chi connectivity index (χ4n) is 1.30. The molecule has 2 aromatic heterocycles. The number of fused-ring (bicyclic) bond motifs is 1. The minimum Gasteiger partial charge on any atom is -0.368 e. The van der Waals surface area contributed by atoms with E-state index in [-0.39, 0.29) is 18.3 Å². The van der Waals surface area contributed by atoms with Crippen molar-refractivity contribution in [3.05, 3.63) is 6.33 Å². The van der Waals surface area contributed by atoms with Gasteiger partial charge in [0.05, 0.1) is 12.7 Å². The SMILES string of the molecule is Nc1nc(NCCC(F)(F)F)c2[nH]cnc2n1. The highest BCUT2D eigenvalue weighted by Crippen LogP contribution is 2.21. The lowest BCUT2D eigenvalue weighted by Crippen LogP contribution is -2.15. The summed E-state index contributed by atoms with van der Waals surface area (Å²) in [6, 6.07) is 0. The largest absolute Gasteiger partial charge is 0.390 e. The molecule has 0 amide bonds. The highest BCUT2D eigenvalue weighted by Gasteiger charge is 2.26. The number of rotatable bonds is 3. The average Bonchev–Trinajstić information content (AvgIpc) is 2.63. The van der Waals surface area contributed by atoms with Gasteiger partial charge in [0, 0.05) is 6.54 Å². The molecule has 2 heterocycles. The third-order valence-electron chi connectivity index (χ3n) is 2.00. The van der Waals surface area contributed by atoms with Crippen LogP contribution in [0.4, 0.5) is 24.9 Å². The summed E-state index contributed by atoms with van der Waals surface area (Å²) in [6.07, 6.45) is -3.79. The van der Waals surface area contributed by atoms with Crippen LogP contribution in [0.2, 0.25) is 0 Å². The van der Waals surface area contributed by atoms with Gasteiger partial charge in [-0.05, 0) is 0 Å². The standard InChI is InChI=1S/C8H9F3N6/c9-8(10,11)1-2-13-5-4-6(15-3-14-4)17-7(12)16-5/h3H,1-2H2,(H4,12,13,14,15,16,17). The second-order valence-electron chi connectivity index (χ2n) is 3.32. The fraction of sp³-hybridized carbons (Fsp3) is 0.375. The van der Waals surface area contributed by atoms with Gasteiger partial charge in [0.1, 0.15) is 5.52 Å². The van der Waals surface area contributed by atoms with E-state index in [0.29, 0.717) is 11.2 Å². The molecule has 0 unspecified atom stereocenters. The van der Waals surface area contributed by atoms with Crippen LogP contribution in [-0.4, -0.2) is 32.7 Å². The molecule has 9 heteroatoms. The predicted octanol–water partition coefficient (Wildman–Crippen LogP) is 1.30. The van der Waals surface area contributed by atoms with E-state index in [4.69, 9.17) is 5.73 Å². The van der Waals surface area contributed by atoms with Crippen LogP contribution < -0.4 is 11.1 Å². The molecule has 0 atom stereocenters. The van der Waals surface area contributed by atoms with Gasteiger partial charge in [-0.25, -0.2) is 4.98 Å². The minimum atomic E-state index is -4.21. The van der Waals surface area contributed by atoms with E-state index in [9.17, 15) is 13.2 Å². The number of nitrogens with one attached hydrogen (secondary N) is 2. The maximum atomic E-state index is 12.0. The first-order valence-corrected chi connectivity index (χ1v) is 4.73. The van der Waals surface area contributed by atoms with Crippen LogP contribution in [0.25, 0.3) is 11.2 Å². The van der Waals surface area contributed by atoms with E-state index in [1.807, 2.05) is 0 Å². The molecular formula is C8H9F3N6. The van der Waals surface area contributed by atoms with E-state index < -0.39 is 12.6 Å². The number of aromatic nitrogens is 4. The van der Waals surface area contributed by atoms with Crippen LogP contribution in [0.15, 0.2) is 6.33 Å². The molecule has 92 valence electrons. The highest BCUT2D eigenvalue weighted by atomic mass is 19.4. The Kier molecular flexibility index (Phi) is 2.74. The molecule has 4 N–H and O–H groups in total. The Hall–Kier alpha value is -2.06. The summed E-state index contributed by atoms with van der Waals surface area (Å²) < 4.78 is 35.9. The summed E-state index contributed by atoms with van der Waals surface area (Å²) in [5.41, 5.74) is 6.15. The van der Waals surface area contributed by atoms with Gasteiger partial charge in [0.25, 0.3) is 0 Å². The smallest absolute Gasteiger partial charge is 0.368 e. The number of imidazole rings is 1. The molecule has 0 aliphatic rings. The highest BCUT2D eigenvalue weighted by molar-refractivity contribution is 5.83. The molecule has 0 radical (unpaired) electrons. The number of hydrogen-bond donors (Lipinski definition) is 3. The Labute approximate surface area is 93.5 Å². The Bertz CT molecular complexity index is 519. The zero-order valence-electron chi connectivity index (χ0n) is 8.54. The molecule has 0 aliphatic heterocycles. The summed E-state index contributed by atoms with van der Waals surface area (Å²) in [5.74, 6) is 0.174. The molecule has 0 fully saturated rings. The molecule has 2 rings (SSSR count). The zero-order valence-corrected chi connectivity index (χ0v) is 8.54. The van der Waals surface area contributed by atoms with Crippen molar-refractivity contribution in [1.29, 1.82) is 0 Å². The average molecular weight is 246 g/mol. The first-order valence-electron chi connectivity index (χ1n) is 4.73. The number of halogens is 3. The van der Waals surface area contributed by atoms with Crippen LogP contribution in [-0.2, 0) is 0 Å². The quantitative estimate of drug-likeness (QED) is 0.759. The molecule has 2 aromatic rings. The summed E-state index contributed by atoms with van der Waals surface area (Å²) in [4.78, 5) is 14.2. The van der Waals surface area contributed by atoms with Crippen LogP contribution in [0.5, 0.6) is 0 Å². The van der Waals surface area contributed by atoms with E-state index in [1.54, 1.807) is 0 Å². The van der Waals surface area contributed by atoms with Crippen LogP contribution in [0.1, 0.15) is 6.42 Å². The van der Waals surface area contributed by atoms with Gasteiger partial charge in [-0.1, -0.05) is 0 Å². The van der Waals surface area contributed by atoms with Crippen molar-refractivity contribution in [1.82, 2.24) is 19.9 Å². The molecule has 0 saturated heterocycles. The Morgan fingerprint density at radius 3 is 2.82 bits per heavy atom. The van der Waals surface area contributed by atoms with Crippen molar-refractivity contribution in [2.24, 2.45) is 0 Å². The second-order valence-corrected chi connectivity index (χ2v) is 3.32. The van der Waals surface area contributed by atoms with E-state index >= 15 is 0 Å². The lowest BCUT2D eigenvalue weighted by molar-refractivity contribution is -0.131. The van der Waals surface area contributed by atoms with Gasteiger partial charge < -0.3 is 16.0 Å². The summed E-state index contributed by atoms with van der Waals surface area (Å²) in [5, 5.41) is 2.55. The van der Waals surface area contributed by atoms with Gasteiger partial charge in [0.15, 0.2) is 11.5 Å². The van der Waals surface area contributed by atoms with Gasteiger partial charge >= 0.3 is 6.18 Å². The van der Waals surface area contributed by atoms with E-state index in [1.165, 1.54) is 6.33 Å². The number of aromatic amines is 1. The molecule has 0 aromatic carbocycles. The molecule has 6 nitrogen and oxygen atoms in total. The number of nitrogen functional groups attached to an aromatic ring is 1. The molecule has 17 heavy (non-hydrogen) atoms. The first kappa shape index (κ1) is 11.4. The predicted molar refractivity (Wildman–Crippen MR) is 55.3 cm³/mol. The van der Waals surface area contributed by atoms with Crippen molar-refractivity contribution >= 4 is 22.9 Å². The number of anilines is 2. The molecule has 0 spiro atoms. The van der Waals surface area contributed by atoms with Crippen molar-refractivity contribution < 1.29 is 13.2 Å². The normalized spacial score (nSPS) is 11.9. The number of hydrogen-bond acceptors (Lipinski definition) is 5. The number of nitrogens with zero attached hydrogens (tertiary/aromatic N) is 3. The maximum Gasteiger partial charge on any atom is 0.390 e. The second kappa shape index (κ2) is 4.07. The van der Waals surface area contributed by atoms with Gasteiger partial charge in [0.2, 0.25) is 5.95 Å². The number of alkyl halides is 3. The molecule has 0 saturated carbocycles. The fourth-order valence-corrected chi connectivity index (χ4v) is 1.30. The van der Waals surface area contributed by atoms with E-state index in [2.05, 4.69) is 25.3 Å². The monoisotopic (exact) mass is 246 g/mol. The third-order valence-corrected chi connectivity index (χ3v) is 2.00. The summed E-state index contributed by atoms with van der Waals surface area (Å²) >= 11 is 0. The summed E-state index contributed by atoms with van der Waals surface area (Å²) in [6.45, 7) is -0.284. The first-order chi connectivity index (χ1) is 7.96. The Morgan fingerprint density at radius 2 is 2.12 bits per heavy atom. The Balaban J connectivity index is 2.15. The van der Waals surface area contributed by atoms with Gasteiger partial charge in [-0.3, -0.25) is 0 Å². The zero-order chi connectivity index (χ0) is 12.5. The number of nitrogens with two attached hydrogens (primary N) is 1. The molecule has 0 aliphatic carbocycles. The topological polar surface area (TPSA) is 92.5 Å². The number of H-pyrrole nitrogens is 1. The van der Waals surface area contributed by atoms with Gasteiger partial charge in [-0.15, -0.1) is 0 Å². The van der Waals surface area contributed by atoms with Crippen molar-refractivity contribution in [2.45, 2.75) is 12.6 Å². The van der Waals surface area contributed by atoms with Crippen molar-refractivity contribution in [2.75, 3.05) is 17.6 Å². The van der Waals surface area contributed by atoms with Crippen LogP contribution in [0.3, 0.4) is 0 Å². The molecular weight excluding hydrogens is 237 g/mol. The minimum absolute atomic E-state index is 0.0425. The lowest BCUT2D eigenvalue weighted by Gasteiger charge is -2.08. The van der Waals surface area contributed by atoms with Gasteiger partial charge in [-0.2, -0.15) is 23.1 Å². The van der Waals surface area contributed by atoms with Crippen molar-refractivity contribution in [3.63, 3.8) is 0 Å². The van der Waals surface area contributed by atoms with Crippen LogP contribution >= 0.6 is 0 Å². The molecule has 0 bridgehead atoms. The van der Waals surface area contributed by atoms with E-state index in [0.717, 1.165) is 0 Å². The van der Waals surface area contributed by atoms with Crippen molar-refractivity contribution in [3.8, 4) is 0 Å². The lowest BCUT2D eigenvalue weighted by atomic mass is 10.4. The maximum absolute atomic E-state index is 12.0. The third kappa shape index (κ3) is 2.74. The van der Waals surface area contributed by atoms with Crippen LogP contribution in [0, 0.1) is 0 Å².